The Morgan fingerprint density at radius 2 is 2.23 bits per heavy atom. The van der Waals surface area contributed by atoms with Gasteiger partial charge >= 0.3 is 0 Å². The number of halogens is 2. The van der Waals surface area contributed by atoms with E-state index in [1.54, 1.807) is 13.0 Å². The van der Waals surface area contributed by atoms with E-state index in [0.717, 1.165) is 0 Å². The van der Waals surface area contributed by atoms with Crippen LogP contribution < -0.4 is 0 Å². The summed E-state index contributed by atoms with van der Waals surface area (Å²) in [5, 5.41) is 7.41. The SMILES string of the molecule is CCOC(=N)c1cc(F)cc(Br)c1. The second kappa shape index (κ2) is 4.37. The van der Waals surface area contributed by atoms with E-state index in [4.69, 9.17) is 10.1 Å². The number of nitrogens with one attached hydrogen (secondary N) is 1. The summed E-state index contributed by atoms with van der Waals surface area (Å²) in [7, 11) is 0. The highest BCUT2D eigenvalue weighted by Gasteiger charge is 2.04. The topological polar surface area (TPSA) is 33.1 Å². The van der Waals surface area contributed by atoms with Crippen molar-refractivity contribution < 1.29 is 9.13 Å². The van der Waals surface area contributed by atoms with Gasteiger partial charge in [0.15, 0.2) is 0 Å². The van der Waals surface area contributed by atoms with Crippen molar-refractivity contribution in [2.45, 2.75) is 6.92 Å². The van der Waals surface area contributed by atoms with Crippen molar-refractivity contribution in [3.63, 3.8) is 0 Å². The highest BCUT2D eigenvalue weighted by molar-refractivity contribution is 9.10. The molecule has 0 atom stereocenters. The molecule has 0 aliphatic rings. The predicted molar refractivity (Wildman–Crippen MR) is 52.6 cm³/mol. The van der Waals surface area contributed by atoms with Crippen molar-refractivity contribution >= 4 is 21.8 Å². The fraction of sp³-hybridized carbons (Fsp3) is 0.222. The third-order valence-corrected chi connectivity index (χ3v) is 1.87. The van der Waals surface area contributed by atoms with Gasteiger partial charge in [0.25, 0.3) is 0 Å². The first-order valence-electron chi connectivity index (χ1n) is 3.81. The normalized spacial score (nSPS) is 9.77. The quantitative estimate of drug-likeness (QED) is 0.631. The lowest BCUT2D eigenvalue weighted by atomic mass is 10.2. The minimum absolute atomic E-state index is 0.0114. The summed E-state index contributed by atoms with van der Waals surface area (Å²) >= 11 is 3.14. The van der Waals surface area contributed by atoms with Gasteiger partial charge in [-0.05, 0) is 25.1 Å². The molecule has 1 aromatic carbocycles. The maximum absolute atomic E-state index is 12.8. The molecular formula is C9H9BrFNO. The summed E-state index contributed by atoms with van der Waals surface area (Å²) in [6.07, 6.45) is 0. The molecule has 1 aromatic rings. The van der Waals surface area contributed by atoms with E-state index in [2.05, 4.69) is 15.9 Å². The zero-order valence-corrected chi connectivity index (χ0v) is 8.69. The van der Waals surface area contributed by atoms with Crippen LogP contribution in [0.2, 0.25) is 0 Å². The number of hydrogen-bond acceptors (Lipinski definition) is 2. The van der Waals surface area contributed by atoms with Gasteiger partial charge in [-0.3, -0.25) is 5.41 Å². The Balaban J connectivity index is 2.94. The lowest BCUT2D eigenvalue weighted by Crippen LogP contribution is -2.04. The van der Waals surface area contributed by atoms with Gasteiger partial charge in [-0.15, -0.1) is 0 Å². The highest BCUT2D eigenvalue weighted by atomic mass is 79.9. The van der Waals surface area contributed by atoms with Gasteiger partial charge in [0.1, 0.15) is 5.82 Å². The van der Waals surface area contributed by atoms with Crippen LogP contribution in [0.4, 0.5) is 4.39 Å². The summed E-state index contributed by atoms with van der Waals surface area (Å²) in [4.78, 5) is 0. The molecule has 4 heteroatoms. The molecule has 0 unspecified atom stereocenters. The molecule has 0 saturated heterocycles. The van der Waals surface area contributed by atoms with Gasteiger partial charge in [0, 0.05) is 10.0 Å². The smallest absolute Gasteiger partial charge is 0.213 e. The molecule has 1 rings (SSSR count). The monoisotopic (exact) mass is 245 g/mol. The largest absolute Gasteiger partial charge is 0.478 e. The summed E-state index contributed by atoms with van der Waals surface area (Å²) in [5.74, 6) is -0.392. The van der Waals surface area contributed by atoms with E-state index in [1.807, 2.05) is 0 Å². The number of ether oxygens (including phenoxy) is 1. The molecule has 0 bridgehead atoms. The van der Waals surface area contributed by atoms with Crippen LogP contribution in [0.5, 0.6) is 0 Å². The van der Waals surface area contributed by atoms with Crippen molar-refractivity contribution in [1.82, 2.24) is 0 Å². The Morgan fingerprint density at radius 1 is 1.54 bits per heavy atom. The molecule has 13 heavy (non-hydrogen) atoms. The second-order valence-electron chi connectivity index (χ2n) is 2.42. The molecule has 0 aliphatic heterocycles. The molecule has 0 aliphatic carbocycles. The van der Waals surface area contributed by atoms with Gasteiger partial charge in [0.05, 0.1) is 6.61 Å². The van der Waals surface area contributed by atoms with Crippen LogP contribution in [0, 0.1) is 11.2 Å². The van der Waals surface area contributed by atoms with Crippen LogP contribution in [0.3, 0.4) is 0 Å². The lowest BCUT2D eigenvalue weighted by molar-refractivity contribution is 0.325. The second-order valence-corrected chi connectivity index (χ2v) is 3.34. The van der Waals surface area contributed by atoms with E-state index in [0.29, 0.717) is 16.6 Å². The lowest BCUT2D eigenvalue weighted by Gasteiger charge is -2.05. The average molecular weight is 246 g/mol. The number of hydrogen-bond donors (Lipinski definition) is 1. The average Bonchev–Trinajstić information content (AvgIpc) is 2.03. The van der Waals surface area contributed by atoms with Crippen molar-refractivity contribution in [3.05, 3.63) is 34.1 Å². The molecule has 0 aromatic heterocycles. The third kappa shape index (κ3) is 2.81. The van der Waals surface area contributed by atoms with Crippen molar-refractivity contribution in [1.29, 1.82) is 5.41 Å². The van der Waals surface area contributed by atoms with Gasteiger partial charge in [-0.1, -0.05) is 15.9 Å². The Morgan fingerprint density at radius 3 is 2.77 bits per heavy atom. The summed E-state index contributed by atoms with van der Waals surface area (Å²) in [5.41, 5.74) is 0.439. The summed E-state index contributed by atoms with van der Waals surface area (Å²) < 4.78 is 18.4. The zero-order valence-electron chi connectivity index (χ0n) is 7.10. The minimum Gasteiger partial charge on any atom is -0.478 e. The van der Waals surface area contributed by atoms with Gasteiger partial charge in [-0.2, -0.15) is 0 Å². The number of rotatable bonds is 2. The highest BCUT2D eigenvalue weighted by Crippen LogP contribution is 2.15. The van der Waals surface area contributed by atoms with E-state index in [9.17, 15) is 4.39 Å². The molecule has 70 valence electrons. The van der Waals surface area contributed by atoms with Crippen molar-refractivity contribution in [2.24, 2.45) is 0 Å². The molecule has 0 saturated carbocycles. The van der Waals surface area contributed by atoms with E-state index in [1.165, 1.54) is 12.1 Å². The standard InChI is InChI=1S/C9H9BrFNO/c1-2-13-9(12)6-3-7(10)5-8(11)4-6/h3-5,12H,2H2,1H3. The molecule has 1 N–H and O–H groups in total. The van der Waals surface area contributed by atoms with Crippen LogP contribution in [-0.4, -0.2) is 12.5 Å². The predicted octanol–water partition coefficient (Wildman–Crippen LogP) is 2.95. The Bertz CT molecular complexity index is 307. The minimum atomic E-state index is -0.381. The maximum Gasteiger partial charge on any atom is 0.213 e. The molecule has 0 fully saturated rings. The zero-order chi connectivity index (χ0) is 9.84. The molecule has 0 amide bonds. The number of benzene rings is 1. The molecule has 0 radical (unpaired) electrons. The van der Waals surface area contributed by atoms with Crippen molar-refractivity contribution in [2.75, 3.05) is 6.61 Å². The Kier molecular flexibility index (Phi) is 3.42. The van der Waals surface area contributed by atoms with Crippen LogP contribution in [0.25, 0.3) is 0 Å². The first-order valence-corrected chi connectivity index (χ1v) is 4.60. The van der Waals surface area contributed by atoms with E-state index in [-0.39, 0.29) is 11.7 Å². The molecular weight excluding hydrogens is 237 g/mol. The Hall–Kier alpha value is -0.900. The summed E-state index contributed by atoms with van der Waals surface area (Å²) in [6.45, 7) is 2.19. The fourth-order valence-electron chi connectivity index (χ4n) is 0.913. The third-order valence-electron chi connectivity index (χ3n) is 1.41. The van der Waals surface area contributed by atoms with E-state index < -0.39 is 0 Å². The van der Waals surface area contributed by atoms with E-state index >= 15 is 0 Å². The Labute approximate surface area is 84.4 Å². The maximum atomic E-state index is 12.8. The first kappa shape index (κ1) is 10.2. The van der Waals surface area contributed by atoms with Crippen LogP contribution in [-0.2, 0) is 4.74 Å². The van der Waals surface area contributed by atoms with Gasteiger partial charge in [0.2, 0.25) is 5.90 Å². The fourth-order valence-corrected chi connectivity index (χ4v) is 1.38. The molecule has 0 spiro atoms. The molecule has 0 heterocycles. The summed E-state index contributed by atoms with van der Waals surface area (Å²) in [6, 6.07) is 4.24. The van der Waals surface area contributed by atoms with Gasteiger partial charge < -0.3 is 4.74 Å². The van der Waals surface area contributed by atoms with Crippen LogP contribution >= 0.6 is 15.9 Å². The molecule has 2 nitrogen and oxygen atoms in total. The van der Waals surface area contributed by atoms with Gasteiger partial charge in [-0.25, -0.2) is 4.39 Å². The van der Waals surface area contributed by atoms with Crippen LogP contribution in [0.1, 0.15) is 12.5 Å². The van der Waals surface area contributed by atoms with Crippen LogP contribution in [0.15, 0.2) is 22.7 Å². The van der Waals surface area contributed by atoms with Crippen molar-refractivity contribution in [3.8, 4) is 0 Å². The first-order chi connectivity index (χ1) is 6.13.